The van der Waals surface area contributed by atoms with Crippen molar-refractivity contribution in [3.63, 3.8) is 0 Å². The number of carbonyl (C=O) groups is 1. The number of hydrogen-bond donors (Lipinski definition) is 1. The number of thioether (sulfide) groups is 1. The lowest BCUT2D eigenvalue weighted by Crippen LogP contribution is -2.13. The molecule has 0 aliphatic carbocycles. The summed E-state index contributed by atoms with van der Waals surface area (Å²) in [6.07, 6.45) is 3.26. The van der Waals surface area contributed by atoms with E-state index in [1.54, 1.807) is 24.5 Å². The molecule has 1 amide bonds. The van der Waals surface area contributed by atoms with E-state index in [0.29, 0.717) is 17.1 Å². The van der Waals surface area contributed by atoms with Crippen LogP contribution in [0.2, 0.25) is 0 Å². The van der Waals surface area contributed by atoms with Crippen molar-refractivity contribution in [1.82, 2.24) is 15.2 Å². The average molecular weight is 330 g/mol. The fourth-order valence-corrected chi connectivity index (χ4v) is 2.29. The van der Waals surface area contributed by atoms with Crippen molar-refractivity contribution in [3.8, 4) is 11.5 Å². The van der Waals surface area contributed by atoms with Crippen molar-refractivity contribution in [2.24, 2.45) is 0 Å². The Labute approximate surface area is 135 Å². The van der Waals surface area contributed by atoms with Gasteiger partial charge in [0.25, 0.3) is 5.22 Å². The van der Waals surface area contributed by atoms with Crippen molar-refractivity contribution in [2.45, 2.75) is 5.22 Å². The maximum Gasteiger partial charge on any atom is 0.277 e. The molecule has 0 saturated heterocycles. The topological polar surface area (TPSA) is 80.9 Å². The summed E-state index contributed by atoms with van der Waals surface area (Å²) < 4.78 is 18.2. The Hall–Kier alpha value is -2.74. The first-order valence-corrected chi connectivity index (χ1v) is 7.61. The summed E-state index contributed by atoms with van der Waals surface area (Å²) in [7, 11) is 0. The molecule has 0 saturated carbocycles. The third kappa shape index (κ3) is 4.13. The Kier molecular flexibility index (Phi) is 4.62. The van der Waals surface area contributed by atoms with Gasteiger partial charge in [0.05, 0.1) is 11.3 Å². The fourth-order valence-electron chi connectivity index (χ4n) is 1.73. The van der Waals surface area contributed by atoms with Gasteiger partial charge >= 0.3 is 0 Å². The summed E-state index contributed by atoms with van der Waals surface area (Å²) in [5.41, 5.74) is 1.24. The summed E-state index contributed by atoms with van der Waals surface area (Å²) in [5, 5.41) is 10.7. The molecular formula is C15H11FN4O2S. The first kappa shape index (κ1) is 15.2. The molecule has 3 rings (SSSR count). The van der Waals surface area contributed by atoms with Gasteiger partial charge in [0.2, 0.25) is 11.8 Å². The molecule has 0 atom stereocenters. The van der Waals surface area contributed by atoms with Crippen LogP contribution in [0.25, 0.3) is 11.5 Å². The smallest absolute Gasteiger partial charge is 0.277 e. The molecule has 0 fully saturated rings. The largest absolute Gasteiger partial charge is 0.411 e. The van der Waals surface area contributed by atoms with Crippen molar-refractivity contribution in [3.05, 3.63) is 54.6 Å². The third-order valence-corrected chi connectivity index (χ3v) is 3.59. The van der Waals surface area contributed by atoms with Gasteiger partial charge in [0.15, 0.2) is 0 Å². The van der Waals surface area contributed by atoms with Crippen LogP contribution in [-0.2, 0) is 4.79 Å². The molecule has 2 heterocycles. The first-order valence-electron chi connectivity index (χ1n) is 6.63. The highest BCUT2D eigenvalue weighted by atomic mass is 32.2. The Balaban J connectivity index is 1.55. The normalized spacial score (nSPS) is 10.5. The number of anilines is 1. The zero-order valence-corrected chi connectivity index (χ0v) is 12.6. The van der Waals surface area contributed by atoms with E-state index in [1.165, 1.54) is 24.3 Å². The molecule has 0 bridgehead atoms. The summed E-state index contributed by atoms with van der Waals surface area (Å²) in [6.45, 7) is 0. The van der Waals surface area contributed by atoms with Gasteiger partial charge in [-0.05, 0) is 36.4 Å². The zero-order chi connectivity index (χ0) is 16.1. The number of rotatable bonds is 5. The number of amides is 1. The summed E-state index contributed by atoms with van der Waals surface area (Å²) in [5.74, 6) is -0.153. The summed E-state index contributed by atoms with van der Waals surface area (Å²) in [6, 6.07) is 9.11. The molecule has 0 unspecified atom stereocenters. The molecule has 3 aromatic rings. The number of nitrogens with one attached hydrogen (secondary N) is 1. The van der Waals surface area contributed by atoms with Crippen LogP contribution in [0.1, 0.15) is 0 Å². The van der Waals surface area contributed by atoms with Crippen LogP contribution in [-0.4, -0.2) is 26.8 Å². The number of aromatic nitrogens is 3. The maximum absolute atomic E-state index is 12.8. The Morgan fingerprint density at radius 3 is 2.78 bits per heavy atom. The van der Waals surface area contributed by atoms with Crippen LogP contribution >= 0.6 is 11.8 Å². The SMILES string of the molecule is O=C(CSc1nnc(-c2cccnc2)o1)Nc1ccc(F)cc1. The lowest BCUT2D eigenvalue weighted by atomic mass is 10.3. The van der Waals surface area contributed by atoms with Crippen LogP contribution in [0, 0.1) is 5.82 Å². The summed E-state index contributed by atoms with van der Waals surface area (Å²) in [4.78, 5) is 15.8. The van der Waals surface area contributed by atoms with Gasteiger partial charge in [-0.2, -0.15) is 0 Å². The first-order chi connectivity index (χ1) is 11.2. The highest BCUT2D eigenvalue weighted by molar-refractivity contribution is 7.99. The van der Waals surface area contributed by atoms with Gasteiger partial charge in [-0.25, -0.2) is 4.39 Å². The second kappa shape index (κ2) is 7.01. The third-order valence-electron chi connectivity index (χ3n) is 2.77. The van der Waals surface area contributed by atoms with E-state index in [1.807, 2.05) is 0 Å². The number of hydrogen-bond acceptors (Lipinski definition) is 6. The van der Waals surface area contributed by atoms with Crippen LogP contribution in [0.3, 0.4) is 0 Å². The average Bonchev–Trinajstić information content (AvgIpc) is 3.05. The fraction of sp³-hybridized carbons (Fsp3) is 0.0667. The van der Waals surface area contributed by atoms with Crippen molar-refractivity contribution >= 4 is 23.4 Å². The molecule has 0 aliphatic rings. The molecule has 116 valence electrons. The predicted octanol–water partition coefficient (Wildman–Crippen LogP) is 3.00. The van der Waals surface area contributed by atoms with E-state index in [2.05, 4.69) is 20.5 Å². The minimum absolute atomic E-state index is 0.103. The number of nitrogens with zero attached hydrogens (tertiary/aromatic N) is 3. The Bertz CT molecular complexity index is 793. The lowest BCUT2D eigenvalue weighted by Gasteiger charge is -2.03. The molecule has 23 heavy (non-hydrogen) atoms. The number of benzene rings is 1. The quantitative estimate of drug-likeness (QED) is 0.724. The second-order valence-corrected chi connectivity index (χ2v) is 5.39. The Morgan fingerprint density at radius 1 is 1.22 bits per heavy atom. The minimum Gasteiger partial charge on any atom is -0.411 e. The highest BCUT2D eigenvalue weighted by Gasteiger charge is 2.11. The van der Waals surface area contributed by atoms with Crippen LogP contribution in [0.5, 0.6) is 0 Å². The molecule has 0 radical (unpaired) electrons. The molecular weight excluding hydrogens is 319 g/mol. The molecule has 1 aromatic carbocycles. The second-order valence-electron chi connectivity index (χ2n) is 4.46. The number of pyridine rings is 1. The zero-order valence-electron chi connectivity index (χ0n) is 11.8. The molecule has 0 aliphatic heterocycles. The number of carbonyl (C=O) groups excluding carboxylic acids is 1. The van der Waals surface area contributed by atoms with Crippen LogP contribution < -0.4 is 5.32 Å². The molecule has 0 spiro atoms. The van der Waals surface area contributed by atoms with Crippen molar-refractivity contribution < 1.29 is 13.6 Å². The van der Waals surface area contributed by atoms with Gasteiger partial charge in [0.1, 0.15) is 5.82 Å². The van der Waals surface area contributed by atoms with Crippen LogP contribution in [0.15, 0.2) is 58.4 Å². The van der Waals surface area contributed by atoms with Gasteiger partial charge in [-0.1, -0.05) is 11.8 Å². The maximum atomic E-state index is 12.8. The van der Waals surface area contributed by atoms with Gasteiger partial charge in [-0.3, -0.25) is 9.78 Å². The van der Waals surface area contributed by atoms with E-state index in [4.69, 9.17) is 4.42 Å². The van der Waals surface area contributed by atoms with Gasteiger partial charge < -0.3 is 9.73 Å². The van der Waals surface area contributed by atoms with E-state index in [0.717, 1.165) is 11.8 Å². The van der Waals surface area contributed by atoms with Crippen molar-refractivity contribution in [2.75, 3.05) is 11.1 Å². The van der Waals surface area contributed by atoms with E-state index in [9.17, 15) is 9.18 Å². The predicted molar refractivity (Wildman–Crippen MR) is 83.3 cm³/mol. The van der Waals surface area contributed by atoms with E-state index < -0.39 is 0 Å². The van der Waals surface area contributed by atoms with E-state index >= 15 is 0 Å². The molecule has 8 heteroatoms. The minimum atomic E-state index is -0.355. The summed E-state index contributed by atoms with van der Waals surface area (Å²) >= 11 is 1.12. The molecule has 6 nitrogen and oxygen atoms in total. The Morgan fingerprint density at radius 2 is 2.04 bits per heavy atom. The number of halogens is 1. The monoisotopic (exact) mass is 330 g/mol. The lowest BCUT2D eigenvalue weighted by molar-refractivity contribution is -0.113. The van der Waals surface area contributed by atoms with Crippen LogP contribution in [0.4, 0.5) is 10.1 Å². The van der Waals surface area contributed by atoms with Gasteiger partial charge in [-0.15, -0.1) is 10.2 Å². The molecule has 2 aromatic heterocycles. The van der Waals surface area contributed by atoms with E-state index in [-0.39, 0.29) is 22.7 Å². The van der Waals surface area contributed by atoms with Gasteiger partial charge in [0, 0.05) is 18.1 Å². The standard InChI is InChI=1S/C15H11FN4O2S/c16-11-3-5-12(6-4-11)18-13(21)9-23-15-20-19-14(22-15)10-2-1-7-17-8-10/h1-8H,9H2,(H,18,21). The van der Waals surface area contributed by atoms with Crippen molar-refractivity contribution in [1.29, 1.82) is 0 Å². The molecule has 1 N–H and O–H groups in total. The highest BCUT2D eigenvalue weighted by Crippen LogP contribution is 2.22.